The van der Waals surface area contributed by atoms with Gasteiger partial charge in [0.1, 0.15) is 12.4 Å². The molecule has 0 aromatic heterocycles. The largest absolute Gasteiger partial charge is 0.489 e. The first-order chi connectivity index (χ1) is 13.2. The lowest BCUT2D eigenvalue weighted by Crippen LogP contribution is -2.33. The second kappa shape index (κ2) is 9.43. The Kier molecular flexibility index (Phi) is 6.47. The van der Waals surface area contributed by atoms with Gasteiger partial charge in [-0.2, -0.15) is 0 Å². The van der Waals surface area contributed by atoms with E-state index in [4.69, 9.17) is 4.74 Å². The zero-order valence-electron chi connectivity index (χ0n) is 15.5. The highest BCUT2D eigenvalue weighted by atomic mass is 16.5. The highest BCUT2D eigenvalue weighted by Gasteiger charge is 2.10. The van der Waals surface area contributed by atoms with Gasteiger partial charge in [0.2, 0.25) is 5.91 Å². The summed E-state index contributed by atoms with van der Waals surface area (Å²) in [5.74, 6) is 0.731. The Morgan fingerprint density at radius 1 is 0.889 bits per heavy atom. The van der Waals surface area contributed by atoms with Gasteiger partial charge < -0.3 is 15.0 Å². The predicted octanol–water partition coefficient (Wildman–Crippen LogP) is 4.73. The Morgan fingerprint density at radius 3 is 2.15 bits per heavy atom. The standard InChI is InChI=1S/C23H24N2O2/c1-2-25(21-11-7-4-8-12-21)17-23(26)24-20-13-15-22(16-14-20)27-18-19-9-5-3-6-10-19/h3-16H,2,17-18H2,1H3,(H,24,26). The van der Waals surface area contributed by atoms with Crippen LogP contribution in [0.3, 0.4) is 0 Å². The van der Waals surface area contributed by atoms with Gasteiger partial charge in [-0.15, -0.1) is 0 Å². The number of benzene rings is 3. The van der Waals surface area contributed by atoms with Gasteiger partial charge in [-0.05, 0) is 48.9 Å². The fourth-order valence-electron chi connectivity index (χ4n) is 2.77. The number of nitrogens with one attached hydrogen (secondary N) is 1. The van der Waals surface area contributed by atoms with Gasteiger partial charge in [0.15, 0.2) is 0 Å². The fourth-order valence-corrected chi connectivity index (χ4v) is 2.77. The van der Waals surface area contributed by atoms with Crippen molar-refractivity contribution >= 4 is 17.3 Å². The van der Waals surface area contributed by atoms with Crippen molar-refractivity contribution in [3.8, 4) is 5.75 Å². The summed E-state index contributed by atoms with van der Waals surface area (Å²) in [4.78, 5) is 14.4. The van der Waals surface area contributed by atoms with E-state index in [9.17, 15) is 4.79 Å². The maximum absolute atomic E-state index is 12.4. The highest BCUT2D eigenvalue weighted by Crippen LogP contribution is 2.18. The summed E-state index contributed by atoms with van der Waals surface area (Å²) >= 11 is 0. The minimum atomic E-state index is -0.0429. The maximum Gasteiger partial charge on any atom is 0.243 e. The fraction of sp³-hybridized carbons (Fsp3) is 0.174. The first kappa shape index (κ1) is 18.5. The molecule has 0 aliphatic rings. The van der Waals surface area contributed by atoms with Crippen molar-refractivity contribution in [2.45, 2.75) is 13.5 Å². The minimum absolute atomic E-state index is 0.0429. The van der Waals surface area contributed by atoms with Crippen LogP contribution in [-0.4, -0.2) is 19.0 Å². The average molecular weight is 360 g/mol. The van der Waals surface area contributed by atoms with E-state index in [2.05, 4.69) is 5.32 Å². The van der Waals surface area contributed by atoms with Crippen LogP contribution < -0.4 is 15.0 Å². The van der Waals surface area contributed by atoms with Crippen LogP contribution in [0.4, 0.5) is 11.4 Å². The molecule has 0 heterocycles. The van der Waals surface area contributed by atoms with E-state index in [-0.39, 0.29) is 5.91 Å². The molecule has 3 aromatic rings. The molecule has 4 nitrogen and oxygen atoms in total. The van der Waals surface area contributed by atoms with Crippen LogP contribution in [0.2, 0.25) is 0 Å². The molecule has 0 fully saturated rings. The van der Waals surface area contributed by atoms with Crippen molar-refractivity contribution in [2.24, 2.45) is 0 Å². The van der Waals surface area contributed by atoms with Crippen LogP contribution in [0.1, 0.15) is 12.5 Å². The number of carbonyl (C=O) groups is 1. The Hall–Kier alpha value is -3.27. The molecule has 0 aliphatic heterocycles. The van der Waals surface area contributed by atoms with Crippen LogP contribution >= 0.6 is 0 Å². The first-order valence-corrected chi connectivity index (χ1v) is 9.11. The molecule has 0 bridgehead atoms. The van der Waals surface area contributed by atoms with Gasteiger partial charge in [-0.1, -0.05) is 48.5 Å². The lowest BCUT2D eigenvalue weighted by Gasteiger charge is -2.22. The van der Waals surface area contributed by atoms with Crippen molar-refractivity contribution in [1.82, 2.24) is 0 Å². The molecule has 0 spiro atoms. The summed E-state index contributed by atoms with van der Waals surface area (Å²) in [5, 5.41) is 2.94. The Bertz CT molecular complexity index is 833. The number of amides is 1. The maximum atomic E-state index is 12.4. The summed E-state index contributed by atoms with van der Waals surface area (Å²) < 4.78 is 5.77. The molecule has 4 heteroatoms. The number of anilines is 2. The van der Waals surface area contributed by atoms with E-state index >= 15 is 0 Å². The van der Waals surface area contributed by atoms with E-state index in [1.54, 1.807) is 0 Å². The van der Waals surface area contributed by atoms with Gasteiger partial charge in [0.25, 0.3) is 0 Å². The minimum Gasteiger partial charge on any atom is -0.489 e. The first-order valence-electron chi connectivity index (χ1n) is 9.11. The van der Waals surface area contributed by atoms with Crippen LogP contribution in [-0.2, 0) is 11.4 Å². The van der Waals surface area contributed by atoms with Gasteiger partial charge >= 0.3 is 0 Å². The molecule has 3 rings (SSSR count). The van der Waals surface area contributed by atoms with Crippen molar-refractivity contribution in [3.63, 3.8) is 0 Å². The normalized spacial score (nSPS) is 10.3. The quantitative estimate of drug-likeness (QED) is 0.631. The zero-order valence-corrected chi connectivity index (χ0v) is 15.5. The number of hydrogen-bond acceptors (Lipinski definition) is 3. The molecule has 0 saturated carbocycles. The Morgan fingerprint density at radius 2 is 1.52 bits per heavy atom. The van der Waals surface area contributed by atoms with Crippen molar-refractivity contribution < 1.29 is 9.53 Å². The predicted molar refractivity (Wildman–Crippen MR) is 110 cm³/mol. The third kappa shape index (κ3) is 5.61. The summed E-state index contributed by atoms with van der Waals surface area (Å²) in [6.07, 6.45) is 0. The summed E-state index contributed by atoms with van der Waals surface area (Å²) in [5.41, 5.74) is 2.92. The molecule has 1 N–H and O–H groups in total. The Balaban J connectivity index is 1.52. The van der Waals surface area contributed by atoms with E-state index in [0.29, 0.717) is 13.2 Å². The average Bonchev–Trinajstić information content (AvgIpc) is 2.73. The number of likely N-dealkylation sites (N-methyl/N-ethyl adjacent to an activating group) is 1. The van der Waals surface area contributed by atoms with Crippen LogP contribution in [0, 0.1) is 0 Å². The highest BCUT2D eigenvalue weighted by molar-refractivity contribution is 5.94. The van der Waals surface area contributed by atoms with Gasteiger partial charge in [0, 0.05) is 17.9 Å². The van der Waals surface area contributed by atoms with E-state index in [0.717, 1.165) is 29.2 Å². The van der Waals surface area contributed by atoms with Crippen molar-refractivity contribution in [3.05, 3.63) is 90.5 Å². The monoisotopic (exact) mass is 360 g/mol. The molecule has 138 valence electrons. The second-order valence-corrected chi connectivity index (χ2v) is 6.20. The lowest BCUT2D eigenvalue weighted by atomic mass is 10.2. The number of para-hydroxylation sites is 1. The van der Waals surface area contributed by atoms with Crippen molar-refractivity contribution in [2.75, 3.05) is 23.3 Å². The molecule has 0 aliphatic carbocycles. The lowest BCUT2D eigenvalue weighted by molar-refractivity contribution is -0.115. The van der Waals surface area contributed by atoms with Gasteiger partial charge in [0.05, 0.1) is 6.54 Å². The molecular weight excluding hydrogens is 336 g/mol. The molecule has 0 atom stereocenters. The summed E-state index contributed by atoms with van der Waals surface area (Å²) in [7, 11) is 0. The zero-order chi connectivity index (χ0) is 18.9. The summed E-state index contributed by atoms with van der Waals surface area (Å²) in [6.45, 7) is 3.64. The molecule has 3 aromatic carbocycles. The molecule has 1 amide bonds. The van der Waals surface area contributed by atoms with Crippen LogP contribution in [0.25, 0.3) is 0 Å². The smallest absolute Gasteiger partial charge is 0.243 e. The van der Waals surface area contributed by atoms with Crippen LogP contribution in [0.15, 0.2) is 84.9 Å². The molecule has 0 unspecified atom stereocenters. The van der Waals surface area contributed by atoms with Crippen molar-refractivity contribution in [1.29, 1.82) is 0 Å². The molecule has 27 heavy (non-hydrogen) atoms. The van der Waals surface area contributed by atoms with Gasteiger partial charge in [-0.25, -0.2) is 0 Å². The number of hydrogen-bond donors (Lipinski definition) is 1. The second-order valence-electron chi connectivity index (χ2n) is 6.20. The SMILES string of the molecule is CCN(CC(=O)Nc1ccc(OCc2ccccc2)cc1)c1ccccc1. The number of carbonyl (C=O) groups excluding carboxylic acids is 1. The number of rotatable bonds is 8. The van der Waals surface area contributed by atoms with Gasteiger partial charge in [-0.3, -0.25) is 4.79 Å². The van der Waals surface area contributed by atoms with E-state index < -0.39 is 0 Å². The van der Waals surface area contributed by atoms with Crippen LogP contribution in [0.5, 0.6) is 5.75 Å². The third-order valence-electron chi connectivity index (χ3n) is 4.22. The molecular formula is C23H24N2O2. The Labute approximate surface area is 160 Å². The van der Waals surface area contributed by atoms with E-state index in [1.807, 2.05) is 96.8 Å². The van der Waals surface area contributed by atoms with E-state index in [1.165, 1.54) is 0 Å². The number of nitrogens with zero attached hydrogens (tertiary/aromatic N) is 1. The third-order valence-corrected chi connectivity index (χ3v) is 4.22. The topological polar surface area (TPSA) is 41.6 Å². The number of ether oxygens (including phenoxy) is 1. The molecule has 0 radical (unpaired) electrons. The molecule has 0 saturated heterocycles. The summed E-state index contributed by atoms with van der Waals surface area (Å²) in [6, 6.07) is 27.4.